The molecule has 1 aliphatic heterocycles. The number of aliphatic hydroxyl groups excluding tert-OH is 1. The van der Waals surface area contributed by atoms with Gasteiger partial charge in [0.05, 0.1) is 24.2 Å². The lowest BCUT2D eigenvalue weighted by Gasteiger charge is -2.28. The van der Waals surface area contributed by atoms with Crippen LogP contribution in [-0.4, -0.2) is 61.7 Å². The van der Waals surface area contributed by atoms with Gasteiger partial charge in [0.25, 0.3) is 5.71 Å². The molecule has 0 atom stereocenters. The van der Waals surface area contributed by atoms with Gasteiger partial charge < -0.3 is 14.5 Å². The van der Waals surface area contributed by atoms with Crippen LogP contribution >= 0.6 is 0 Å². The van der Waals surface area contributed by atoms with Crippen molar-refractivity contribution < 1.29 is 9.63 Å². The Labute approximate surface area is 158 Å². The lowest BCUT2D eigenvalue weighted by molar-refractivity contribution is 0.217. The van der Waals surface area contributed by atoms with Gasteiger partial charge >= 0.3 is 0 Å². The highest BCUT2D eigenvalue weighted by Crippen LogP contribution is 2.30. The third-order valence-corrected chi connectivity index (χ3v) is 5.32. The zero-order chi connectivity index (χ0) is 19.0. The zero-order valence-electron chi connectivity index (χ0n) is 16.1. The van der Waals surface area contributed by atoms with Crippen LogP contribution in [0.5, 0.6) is 0 Å². The van der Waals surface area contributed by atoms with Gasteiger partial charge in [-0.3, -0.25) is 0 Å². The lowest BCUT2D eigenvalue weighted by atomic mass is 9.93. The number of aliphatic hydroxyl groups is 1. The molecule has 8 heteroatoms. The zero-order valence-corrected chi connectivity index (χ0v) is 16.1. The minimum atomic E-state index is 0.0137. The van der Waals surface area contributed by atoms with Gasteiger partial charge in [-0.25, -0.2) is 14.6 Å². The van der Waals surface area contributed by atoms with Gasteiger partial charge in [0.1, 0.15) is 0 Å². The topological polar surface area (TPSA) is 93.1 Å². The van der Waals surface area contributed by atoms with E-state index in [1.54, 1.807) is 4.68 Å². The van der Waals surface area contributed by atoms with Gasteiger partial charge in [0, 0.05) is 17.7 Å². The van der Waals surface area contributed by atoms with Crippen molar-refractivity contribution in [3.63, 3.8) is 0 Å². The van der Waals surface area contributed by atoms with Gasteiger partial charge in [-0.2, -0.15) is 5.10 Å². The lowest BCUT2D eigenvalue weighted by Crippen LogP contribution is -2.31. The van der Waals surface area contributed by atoms with Gasteiger partial charge in [-0.1, -0.05) is 5.16 Å². The van der Waals surface area contributed by atoms with Crippen molar-refractivity contribution in [3.8, 4) is 11.4 Å². The monoisotopic (exact) mass is 370 g/mol. The number of rotatable bonds is 5. The highest BCUT2D eigenvalue weighted by molar-refractivity contribution is 5.91. The van der Waals surface area contributed by atoms with Crippen molar-refractivity contribution in [2.75, 3.05) is 26.7 Å². The van der Waals surface area contributed by atoms with E-state index in [1.807, 2.05) is 19.9 Å². The fourth-order valence-corrected chi connectivity index (χ4v) is 3.84. The molecule has 0 saturated carbocycles. The number of likely N-dealkylation sites (tertiary alicyclic amines) is 1. The van der Waals surface area contributed by atoms with E-state index in [9.17, 15) is 5.11 Å². The van der Waals surface area contributed by atoms with E-state index in [0.717, 1.165) is 53.5 Å². The first kappa shape index (κ1) is 18.1. The smallest absolute Gasteiger partial charge is 0.258 e. The Morgan fingerprint density at radius 2 is 2.00 bits per heavy atom. The van der Waals surface area contributed by atoms with Crippen LogP contribution < -0.4 is 0 Å². The van der Waals surface area contributed by atoms with Crippen molar-refractivity contribution >= 4 is 11.1 Å². The summed E-state index contributed by atoms with van der Waals surface area (Å²) >= 11 is 0. The van der Waals surface area contributed by atoms with E-state index >= 15 is 0 Å². The molecule has 1 fully saturated rings. The van der Waals surface area contributed by atoms with E-state index < -0.39 is 0 Å². The first-order valence-electron chi connectivity index (χ1n) is 9.52. The second-order valence-corrected chi connectivity index (χ2v) is 7.51. The molecule has 0 aromatic carbocycles. The third kappa shape index (κ3) is 3.59. The van der Waals surface area contributed by atoms with E-state index in [2.05, 4.69) is 22.1 Å². The SMILES string of the molecule is Cc1cc(-c2nc(CC3CCN(C)CC3)nn2CCO)c2c(C)noc2n1. The molecule has 0 amide bonds. The standard InChI is InChI=1S/C19H26N6O2/c1-12-10-15(17-13(2)23-27-19(17)20-12)18-21-16(22-25(18)8-9-26)11-14-4-6-24(3)7-5-14/h10,14,26H,4-9,11H2,1-3H3. The third-order valence-electron chi connectivity index (χ3n) is 5.32. The molecule has 4 heterocycles. The van der Waals surface area contributed by atoms with Crippen LogP contribution in [0.1, 0.15) is 30.1 Å². The van der Waals surface area contributed by atoms with Crippen LogP contribution in [0, 0.1) is 19.8 Å². The average Bonchev–Trinajstić information content (AvgIpc) is 3.20. The molecular weight excluding hydrogens is 344 g/mol. The van der Waals surface area contributed by atoms with E-state index in [-0.39, 0.29) is 6.61 Å². The number of aryl methyl sites for hydroxylation is 2. The molecule has 1 N–H and O–H groups in total. The van der Waals surface area contributed by atoms with Crippen LogP contribution in [-0.2, 0) is 13.0 Å². The second-order valence-electron chi connectivity index (χ2n) is 7.51. The summed E-state index contributed by atoms with van der Waals surface area (Å²) in [5.41, 5.74) is 3.04. The Bertz CT molecular complexity index is 939. The fourth-order valence-electron chi connectivity index (χ4n) is 3.84. The first-order valence-corrected chi connectivity index (χ1v) is 9.52. The highest BCUT2D eigenvalue weighted by atomic mass is 16.5. The Morgan fingerprint density at radius 1 is 1.22 bits per heavy atom. The van der Waals surface area contributed by atoms with Gasteiger partial charge in [0.2, 0.25) is 0 Å². The minimum absolute atomic E-state index is 0.0137. The number of hydrogen-bond acceptors (Lipinski definition) is 7. The quantitative estimate of drug-likeness (QED) is 0.734. The maximum Gasteiger partial charge on any atom is 0.258 e. The summed E-state index contributed by atoms with van der Waals surface area (Å²) in [6.07, 6.45) is 3.21. The predicted molar refractivity (Wildman–Crippen MR) is 101 cm³/mol. The molecule has 1 saturated heterocycles. The average molecular weight is 370 g/mol. The number of nitrogens with zero attached hydrogens (tertiary/aromatic N) is 6. The summed E-state index contributed by atoms with van der Waals surface area (Å²) < 4.78 is 7.15. The molecule has 144 valence electrons. The number of pyridine rings is 1. The maximum absolute atomic E-state index is 9.50. The molecule has 0 bridgehead atoms. The van der Waals surface area contributed by atoms with Crippen LogP contribution in [0.4, 0.5) is 0 Å². The Hall–Kier alpha value is -2.32. The molecule has 0 aliphatic carbocycles. The summed E-state index contributed by atoms with van der Waals surface area (Å²) in [6.45, 7) is 6.49. The van der Waals surface area contributed by atoms with Crippen molar-refractivity contribution in [3.05, 3.63) is 23.3 Å². The molecular formula is C19H26N6O2. The van der Waals surface area contributed by atoms with Crippen molar-refractivity contribution in [2.45, 2.75) is 39.7 Å². The molecule has 4 rings (SSSR count). The first-order chi connectivity index (χ1) is 13.0. The van der Waals surface area contributed by atoms with E-state index in [4.69, 9.17) is 14.6 Å². The van der Waals surface area contributed by atoms with E-state index in [0.29, 0.717) is 18.2 Å². The highest BCUT2D eigenvalue weighted by Gasteiger charge is 2.22. The molecule has 0 unspecified atom stereocenters. The van der Waals surface area contributed by atoms with Gasteiger partial charge in [0.15, 0.2) is 11.6 Å². The molecule has 8 nitrogen and oxygen atoms in total. The molecule has 3 aromatic heterocycles. The Balaban J connectivity index is 1.72. The van der Waals surface area contributed by atoms with Gasteiger partial charge in [-0.15, -0.1) is 0 Å². The Kier molecular flexibility index (Phi) is 4.92. The molecule has 0 radical (unpaired) electrons. The number of hydrogen-bond donors (Lipinski definition) is 1. The number of fused-ring (bicyclic) bond motifs is 1. The summed E-state index contributed by atoms with van der Waals surface area (Å²) in [5, 5.41) is 19.1. The minimum Gasteiger partial charge on any atom is -0.394 e. The predicted octanol–water partition coefficient (Wildman–Crippen LogP) is 1.97. The van der Waals surface area contributed by atoms with Gasteiger partial charge in [-0.05, 0) is 58.8 Å². The fraction of sp³-hybridized carbons (Fsp3) is 0.579. The molecule has 27 heavy (non-hydrogen) atoms. The number of aromatic nitrogens is 5. The Morgan fingerprint density at radius 3 is 2.74 bits per heavy atom. The molecule has 3 aromatic rings. The normalized spacial score (nSPS) is 16.4. The summed E-state index contributed by atoms with van der Waals surface area (Å²) in [7, 11) is 2.17. The second kappa shape index (κ2) is 7.36. The summed E-state index contributed by atoms with van der Waals surface area (Å²) in [5.74, 6) is 2.19. The van der Waals surface area contributed by atoms with Crippen molar-refractivity contribution in [1.29, 1.82) is 0 Å². The molecule has 0 spiro atoms. The maximum atomic E-state index is 9.50. The largest absolute Gasteiger partial charge is 0.394 e. The van der Waals surface area contributed by atoms with Crippen LogP contribution in [0.15, 0.2) is 10.6 Å². The van der Waals surface area contributed by atoms with Crippen molar-refractivity contribution in [1.82, 2.24) is 29.8 Å². The van der Waals surface area contributed by atoms with Crippen LogP contribution in [0.25, 0.3) is 22.5 Å². The summed E-state index contributed by atoms with van der Waals surface area (Å²) in [6, 6.07) is 1.99. The number of piperidine rings is 1. The molecule has 1 aliphatic rings. The van der Waals surface area contributed by atoms with E-state index in [1.165, 1.54) is 12.8 Å². The van der Waals surface area contributed by atoms with Crippen LogP contribution in [0.3, 0.4) is 0 Å². The van der Waals surface area contributed by atoms with Crippen molar-refractivity contribution in [2.24, 2.45) is 5.92 Å². The van der Waals surface area contributed by atoms with Crippen LogP contribution in [0.2, 0.25) is 0 Å². The summed E-state index contributed by atoms with van der Waals surface area (Å²) in [4.78, 5) is 11.6.